The molecule has 1 fully saturated rings. The molecule has 7 heteroatoms. The van der Waals surface area contributed by atoms with Crippen molar-refractivity contribution in [3.05, 3.63) is 94.5 Å². The second-order valence-corrected chi connectivity index (χ2v) is 8.72. The first-order chi connectivity index (χ1) is 15.5. The van der Waals surface area contributed by atoms with Crippen molar-refractivity contribution in [3.63, 3.8) is 0 Å². The Morgan fingerprint density at radius 3 is 2.66 bits per heavy atom. The first kappa shape index (κ1) is 22.4. The maximum absolute atomic E-state index is 12.7. The van der Waals surface area contributed by atoms with Crippen molar-refractivity contribution in [1.29, 1.82) is 0 Å². The molecule has 1 unspecified atom stereocenters. The van der Waals surface area contributed by atoms with Gasteiger partial charge in [-0.25, -0.2) is 4.98 Å². The van der Waals surface area contributed by atoms with Gasteiger partial charge in [0.25, 0.3) is 5.91 Å². The molecular formula is C25H27ClN4O2. The highest BCUT2D eigenvalue weighted by Gasteiger charge is 2.30. The summed E-state index contributed by atoms with van der Waals surface area (Å²) in [4.78, 5) is 22.6. The Balaban J connectivity index is 1.31. The Morgan fingerprint density at radius 1 is 1.16 bits per heavy atom. The van der Waals surface area contributed by atoms with Gasteiger partial charge >= 0.3 is 0 Å². The summed E-state index contributed by atoms with van der Waals surface area (Å²) in [6.07, 6.45) is 7.24. The summed E-state index contributed by atoms with van der Waals surface area (Å²) in [7, 11) is 1.80. The van der Waals surface area contributed by atoms with Crippen molar-refractivity contribution in [2.45, 2.75) is 44.0 Å². The Bertz CT molecular complexity index is 1030. The van der Waals surface area contributed by atoms with Crippen LogP contribution in [-0.4, -0.2) is 45.0 Å². The first-order valence-electron chi connectivity index (χ1n) is 10.8. The van der Waals surface area contributed by atoms with Crippen molar-refractivity contribution in [2.24, 2.45) is 0 Å². The minimum Gasteiger partial charge on any atom is -0.387 e. The lowest BCUT2D eigenvalue weighted by Crippen LogP contribution is -2.35. The number of benzene rings is 1. The number of halogens is 1. The fourth-order valence-electron chi connectivity index (χ4n) is 4.18. The van der Waals surface area contributed by atoms with E-state index in [1.165, 1.54) is 0 Å². The number of hydrogen-bond acceptors (Lipinski definition) is 5. The zero-order chi connectivity index (χ0) is 22.5. The zero-order valence-corrected chi connectivity index (χ0v) is 18.7. The van der Waals surface area contributed by atoms with E-state index in [9.17, 15) is 9.90 Å². The third-order valence-electron chi connectivity index (χ3n) is 5.92. The van der Waals surface area contributed by atoms with Crippen molar-refractivity contribution in [1.82, 2.24) is 20.2 Å². The fraction of sp³-hybridized carbons (Fsp3) is 0.320. The summed E-state index contributed by atoms with van der Waals surface area (Å²) in [5.74, 6) is -0.0147. The summed E-state index contributed by atoms with van der Waals surface area (Å²) in [5, 5.41) is 14.6. The van der Waals surface area contributed by atoms with E-state index < -0.39 is 6.10 Å². The lowest BCUT2D eigenvalue weighted by Gasteiger charge is -2.20. The van der Waals surface area contributed by atoms with E-state index >= 15 is 0 Å². The fourth-order valence-corrected chi connectivity index (χ4v) is 4.29. The van der Waals surface area contributed by atoms with Gasteiger partial charge in [-0.3, -0.25) is 9.78 Å². The van der Waals surface area contributed by atoms with Gasteiger partial charge < -0.3 is 15.3 Å². The van der Waals surface area contributed by atoms with Crippen LogP contribution in [0.1, 0.15) is 46.0 Å². The molecule has 2 aromatic heterocycles. The van der Waals surface area contributed by atoms with E-state index in [1.54, 1.807) is 36.6 Å². The molecule has 1 aromatic carbocycles. The maximum Gasteiger partial charge on any atom is 0.253 e. The van der Waals surface area contributed by atoms with Gasteiger partial charge in [-0.1, -0.05) is 35.9 Å². The number of hydrogen-bond donors (Lipinski definition) is 2. The number of pyridine rings is 2. The zero-order valence-electron chi connectivity index (χ0n) is 18.0. The molecule has 1 aliphatic heterocycles. The monoisotopic (exact) mass is 450 g/mol. The highest BCUT2D eigenvalue weighted by molar-refractivity contribution is 6.29. The van der Waals surface area contributed by atoms with Gasteiger partial charge in [0.15, 0.2) is 0 Å². The molecule has 166 valence electrons. The first-order valence-corrected chi connectivity index (χ1v) is 11.2. The largest absolute Gasteiger partial charge is 0.387 e. The summed E-state index contributed by atoms with van der Waals surface area (Å²) >= 11 is 5.84. The van der Waals surface area contributed by atoms with Crippen LogP contribution in [0.25, 0.3) is 0 Å². The number of rotatable bonds is 7. The number of aliphatic hydroxyl groups excluding tert-OH is 1. The lowest BCUT2D eigenvalue weighted by atomic mass is 10.0. The highest BCUT2D eigenvalue weighted by atomic mass is 35.5. The van der Waals surface area contributed by atoms with Crippen molar-refractivity contribution < 1.29 is 9.90 Å². The molecule has 3 aromatic rings. The predicted octanol–water partition coefficient (Wildman–Crippen LogP) is 3.80. The predicted molar refractivity (Wildman–Crippen MR) is 124 cm³/mol. The summed E-state index contributed by atoms with van der Waals surface area (Å²) in [6, 6.07) is 15.4. The Morgan fingerprint density at radius 2 is 1.97 bits per heavy atom. The van der Waals surface area contributed by atoms with Crippen LogP contribution < -0.4 is 5.32 Å². The van der Waals surface area contributed by atoms with Crippen LogP contribution in [-0.2, 0) is 13.0 Å². The standard InChI is InChI=1S/C25H27ClN4O2/c1-30(16-18-3-2-12-27-14-18)25(32)19-6-4-17(5-7-19)13-21-9-10-22(29-21)24(31)20-8-11-23(26)28-15-20/h2-8,11-12,14-15,21-22,24,29,31H,9-10,13,16H2,1H3/t21-,22+,24?/m0/s1. The summed E-state index contributed by atoms with van der Waals surface area (Å²) < 4.78 is 0. The van der Waals surface area contributed by atoms with Gasteiger partial charge in [-0.2, -0.15) is 0 Å². The lowest BCUT2D eigenvalue weighted by molar-refractivity contribution is 0.0785. The summed E-state index contributed by atoms with van der Waals surface area (Å²) in [6.45, 7) is 0.521. The normalized spacial score (nSPS) is 19.0. The molecule has 6 nitrogen and oxygen atoms in total. The molecule has 1 saturated heterocycles. The Hall–Kier alpha value is -2.80. The molecule has 0 aliphatic carbocycles. The summed E-state index contributed by atoms with van der Waals surface area (Å²) in [5.41, 5.74) is 3.60. The van der Waals surface area contributed by atoms with Crippen LogP contribution in [0.3, 0.4) is 0 Å². The molecule has 0 radical (unpaired) electrons. The van der Waals surface area contributed by atoms with E-state index in [2.05, 4.69) is 15.3 Å². The minimum atomic E-state index is -0.611. The van der Waals surface area contributed by atoms with Gasteiger partial charge in [0.05, 0.1) is 6.10 Å². The Kier molecular flexibility index (Phi) is 7.15. The van der Waals surface area contributed by atoms with Crippen LogP contribution in [0, 0.1) is 0 Å². The average molecular weight is 451 g/mol. The number of nitrogens with zero attached hydrogens (tertiary/aromatic N) is 3. The van der Waals surface area contributed by atoms with E-state index in [0.29, 0.717) is 17.3 Å². The minimum absolute atomic E-state index is 0.00930. The molecule has 32 heavy (non-hydrogen) atoms. The van der Waals surface area contributed by atoms with Crippen LogP contribution in [0.15, 0.2) is 67.1 Å². The van der Waals surface area contributed by atoms with Gasteiger partial charge in [0.2, 0.25) is 0 Å². The number of carbonyl (C=O) groups is 1. The van der Waals surface area contributed by atoms with Gasteiger partial charge in [0, 0.05) is 55.4 Å². The number of amides is 1. The van der Waals surface area contributed by atoms with Gasteiger partial charge in [0.1, 0.15) is 5.15 Å². The average Bonchev–Trinajstić information content (AvgIpc) is 3.28. The molecular weight excluding hydrogens is 424 g/mol. The Labute approximate surface area is 193 Å². The molecule has 1 aliphatic rings. The topological polar surface area (TPSA) is 78.4 Å². The molecule has 0 bridgehead atoms. The molecule has 4 rings (SSSR count). The molecule has 0 saturated carbocycles. The second kappa shape index (κ2) is 10.2. The third kappa shape index (κ3) is 5.51. The second-order valence-electron chi connectivity index (χ2n) is 8.33. The SMILES string of the molecule is CN(Cc1cccnc1)C(=O)c1ccc(C[C@@H]2CC[C@H](C(O)c3ccc(Cl)nc3)N2)cc1. The number of nitrogens with one attached hydrogen (secondary N) is 1. The van der Waals surface area contributed by atoms with E-state index in [4.69, 9.17) is 11.6 Å². The van der Waals surface area contributed by atoms with E-state index in [1.807, 2.05) is 42.5 Å². The van der Waals surface area contributed by atoms with Crippen LogP contribution >= 0.6 is 11.6 Å². The van der Waals surface area contributed by atoms with E-state index in [-0.39, 0.29) is 18.0 Å². The van der Waals surface area contributed by atoms with Crippen LogP contribution in [0.4, 0.5) is 0 Å². The molecule has 3 atom stereocenters. The number of aliphatic hydroxyl groups is 1. The van der Waals surface area contributed by atoms with Gasteiger partial charge in [-0.15, -0.1) is 0 Å². The highest BCUT2D eigenvalue weighted by Crippen LogP contribution is 2.27. The van der Waals surface area contributed by atoms with Gasteiger partial charge in [-0.05, 0) is 54.7 Å². The van der Waals surface area contributed by atoms with Crippen molar-refractivity contribution in [2.75, 3.05) is 7.05 Å². The van der Waals surface area contributed by atoms with Crippen LogP contribution in [0.2, 0.25) is 5.15 Å². The molecule has 0 spiro atoms. The third-order valence-corrected chi connectivity index (χ3v) is 6.14. The van der Waals surface area contributed by atoms with Crippen molar-refractivity contribution >= 4 is 17.5 Å². The van der Waals surface area contributed by atoms with Crippen molar-refractivity contribution in [3.8, 4) is 0 Å². The number of aromatic nitrogens is 2. The van der Waals surface area contributed by atoms with Crippen LogP contribution in [0.5, 0.6) is 0 Å². The quantitative estimate of drug-likeness (QED) is 0.535. The number of carbonyl (C=O) groups excluding carboxylic acids is 1. The molecule has 2 N–H and O–H groups in total. The molecule has 1 amide bonds. The van der Waals surface area contributed by atoms with E-state index in [0.717, 1.165) is 36.0 Å². The molecule has 3 heterocycles. The maximum atomic E-state index is 12.7. The smallest absolute Gasteiger partial charge is 0.253 e.